The van der Waals surface area contributed by atoms with E-state index in [2.05, 4.69) is 20.1 Å². The van der Waals surface area contributed by atoms with E-state index < -0.39 is 0 Å². The summed E-state index contributed by atoms with van der Waals surface area (Å²) in [5.74, 6) is -0.670. The van der Waals surface area contributed by atoms with Crippen molar-refractivity contribution in [2.75, 3.05) is 39.8 Å². The van der Waals surface area contributed by atoms with Gasteiger partial charge in [0.15, 0.2) is 5.69 Å². The molecule has 34 heavy (non-hydrogen) atoms. The van der Waals surface area contributed by atoms with Gasteiger partial charge in [0.2, 0.25) is 11.6 Å². The summed E-state index contributed by atoms with van der Waals surface area (Å²) in [6.07, 6.45) is 6.30. The summed E-state index contributed by atoms with van der Waals surface area (Å²) in [5.41, 5.74) is 3.27. The van der Waals surface area contributed by atoms with Gasteiger partial charge in [-0.25, -0.2) is 9.48 Å². The van der Waals surface area contributed by atoms with Gasteiger partial charge in [0.1, 0.15) is 5.69 Å². The van der Waals surface area contributed by atoms with Gasteiger partial charge in [-0.05, 0) is 25.3 Å². The SMILES string of the molecule is COC(=O)C1=CC=C(N2CCN(CCCn3nnc4c3C(=O)c3ccccc3C4=O)CC2)CC1. The number of fused-ring (bicyclic) bond motifs is 2. The molecule has 3 aliphatic rings. The average molecular weight is 462 g/mol. The molecule has 2 aliphatic carbocycles. The number of piperazine rings is 1. The van der Waals surface area contributed by atoms with Gasteiger partial charge < -0.3 is 9.64 Å². The van der Waals surface area contributed by atoms with Crippen molar-refractivity contribution in [2.45, 2.75) is 25.8 Å². The molecule has 2 heterocycles. The van der Waals surface area contributed by atoms with E-state index in [1.807, 2.05) is 12.2 Å². The zero-order valence-electron chi connectivity index (χ0n) is 19.2. The molecule has 9 heteroatoms. The first kappa shape index (κ1) is 22.2. The van der Waals surface area contributed by atoms with Crippen molar-refractivity contribution in [3.05, 3.63) is 70.2 Å². The van der Waals surface area contributed by atoms with Gasteiger partial charge in [-0.1, -0.05) is 35.6 Å². The minimum absolute atomic E-state index is 0.155. The topological polar surface area (TPSA) is 97.6 Å². The predicted molar refractivity (Wildman–Crippen MR) is 123 cm³/mol. The number of aryl methyl sites for hydroxylation is 1. The maximum atomic E-state index is 13.0. The van der Waals surface area contributed by atoms with E-state index in [1.54, 1.807) is 28.9 Å². The molecule has 0 N–H and O–H groups in total. The predicted octanol–water partition coefficient (Wildman–Crippen LogP) is 1.84. The fourth-order valence-corrected chi connectivity index (χ4v) is 4.88. The van der Waals surface area contributed by atoms with Crippen LogP contribution in [0.15, 0.2) is 47.7 Å². The molecule has 0 amide bonds. The molecule has 0 spiro atoms. The molecule has 0 radical (unpaired) electrons. The molecule has 1 aromatic carbocycles. The number of methoxy groups -OCH3 is 1. The Morgan fingerprint density at radius 2 is 1.71 bits per heavy atom. The van der Waals surface area contributed by atoms with E-state index in [0.29, 0.717) is 29.8 Å². The summed E-state index contributed by atoms with van der Waals surface area (Å²) in [7, 11) is 1.41. The van der Waals surface area contributed by atoms with Gasteiger partial charge >= 0.3 is 5.97 Å². The van der Waals surface area contributed by atoms with Crippen LogP contribution in [0.4, 0.5) is 0 Å². The summed E-state index contributed by atoms with van der Waals surface area (Å²) in [6.45, 7) is 5.20. The Hall–Kier alpha value is -3.59. The number of hydrogen-bond acceptors (Lipinski definition) is 8. The largest absolute Gasteiger partial charge is 0.466 e. The van der Waals surface area contributed by atoms with Gasteiger partial charge in [0.25, 0.3) is 0 Å². The number of carbonyl (C=O) groups is 3. The molecule has 0 atom stereocenters. The van der Waals surface area contributed by atoms with Crippen LogP contribution in [0.25, 0.3) is 0 Å². The van der Waals surface area contributed by atoms with Crippen LogP contribution in [0, 0.1) is 0 Å². The maximum Gasteiger partial charge on any atom is 0.333 e. The van der Waals surface area contributed by atoms with Gasteiger partial charge in [-0.3, -0.25) is 14.5 Å². The van der Waals surface area contributed by atoms with Crippen molar-refractivity contribution in [3.8, 4) is 0 Å². The third kappa shape index (κ3) is 4.07. The molecular formula is C25H27N5O4. The van der Waals surface area contributed by atoms with Crippen molar-refractivity contribution in [2.24, 2.45) is 0 Å². The van der Waals surface area contributed by atoms with Gasteiger partial charge in [-0.2, -0.15) is 0 Å². The molecule has 1 aliphatic heterocycles. The third-order valence-electron chi connectivity index (χ3n) is 6.78. The number of allylic oxidation sites excluding steroid dienone is 3. The summed E-state index contributed by atoms with van der Waals surface area (Å²) >= 11 is 0. The smallest absolute Gasteiger partial charge is 0.333 e. The number of carbonyl (C=O) groups excluding carboxylic acids is 3. The van der Waals surface area contributed by atoms with Crippen molar-refractivity contribution < 1.29 is 19.1 Å². The first-order valence-corrected chi connectivity index (χ1v) is 11.6. The van der Waals surface area contributed by atoms with Crippen LogP contribution >= 0.6 is 0 Å². The Balaban J connectivity index is 1.14. The number of esters is 1. The number of hydrogen-bond donors (Lipinski definition) is 0. The maximum absolute atomic E-state index is 13.0. The molecule has 1 saturated heterocycles. The molecule has 0 saturated carbocycles. The first-order chi connectivity index (χ1) is 16.6. The van der Waals surface area contributed by atoms with E-state index >= 15 is 0 Å². The average Bonchev–Trinajstić information content (AvgIpc) is 3.32. The van der Waals surface area contributed by atoms with E-state index in [4.69, 9.17) is 4.74 Å². The highest BCUT2D eigenvalue weighted by Gasteiger charge is 2.34. The highest BCUT2D eigenvalue weighted by Crippen LogP contribution is 2.26. The zero-order chi connectivity index (χ0) is 23.7. The molecular weight excluding hydrogens is 434 g/mol. The Morgan fingerprint density at radius 1 is 0.971 bits per heavy atom. The van der Waals surface area contributed by atoms with Crippen LogP contribution in [0.2, 0.25) is 0 Å². The number of ether oxygens (including phenoxy) is 1. The van der Waals surface area contributed by atoms with Crippen LogP contribution in [-0.2, 0) is 16.1 Å². The fourth-order valence-electron chi connectivity index (χ4n) is 4.88. The highest BCUT2D eigenvalue weighted by molar-refractivity contribution is 6.26. The minimum atomic E-state index is -0.246. The quantitative estimate of drug-likeness (QED) is 0.513. The Labute approximate surface area is 197 Å². The minimum Gasteiger partial charge on any atom is -0.466 e. The molecule has 0 unspecified atom stereocenters. The summed E-state index contributed by atoms with van der Waals surface area (Å²) in [5, 5.41) is 8.13. The van der Waals surface area contributed by atoms with E-state index in [9.17, 15) is 14.4 Å². The monoisotopic (exact) mass is 461 g/mol. The standard InChI is InChI=1S/C25H27N5O4/c1-34-25(33)17-7-9-18(10-8-17)29-15-13-28(14-16-29)11-4-12-30-22-21(26-27-30)23(31)19-5-2-3-6-20(19)24(22)32/h2-3,5-7,9H,4,8,10-16H2,1H3. The number of nitrogens with zero attached hydrogens (tertiary/aromatic N) is 5. The lowest BCUT2D eigenvalue weighted by atomic mass is 9.90. The first-order valence-electron chi connectivity index (χ1n) is 11.6. The summed E-state index contributed by atoms with van der Waals surface area (Å²) in [6, 6.07) is 6.86. The zero-order valence-corrected chi connectivity index (χ0v) is 19.2. The molecule has 5 rings (SSSR count). The fraction of sp³-hybridized carbons (Fsp3) is 0.400. The van der Waals surface area contributed by atoms with Crippen LogP contribution in [0.1, 0.15) is 51.4 Å². The number of rotatable bonds is 6. The van der Waals surface area contributed by atoms with E-state index in [-0.39, 0.29) is 23.2 Å². The number of aromatic nitrogens is 3. The lowest BCUT2D eigenvalue weighted by Gasteiger charge is -2.38. The number of benzene rings is 1. The van der Waals surface area contributed by atoms with Crippen LogP contribution in [0.3, 0.4) is 0 Å². The molecule has 9 nitrogen and oxygen atoms in total. The molecule has 1 fully saturated rings. The van der Waals surface area contributed by atoms with E-state index in [0.717, 1.165) is 51.1 Å². The van der Waals surface area contributed by atoms with Crippen molar-refractivity contribution in [1.82, 2.24) is 24.8 Å². The Morgan fingerprint density at radius 3 is 2.38 bits per heavy atom. The van der Waals surface area contributed by atoms with Crippen molar-refractivity contribution in [1.29, 1.82) is 0 Å². The second-order valence-corrected chi connectivity index (χ2v) is 8.74. The molecule has 176 valence electrons. The second-order valence-electron chi connectivity index (χ2n) is 8.74. The van der Waals surface area contributed by atoms with Gasteiger partial charge in [0, 0.05) is 61.7 Å². The summed E-state index contributed by atoms with van der Waals surface area (Å²) < 4.78 is 6.39. The van der Waals surface area contributed by atoms with Crippen LogP contribution in [-0.4, -0.2) is 82.2 Å². The Kier molecular flexibility index (Phi) is 6.10. The Bertz CT molecular complexity index is 1200. The second kappa shape index (κ2) is 9.34. The number of ketones is 2. The molecule has 1 aromatic heterocycles. The molecule has 2 aromatic rings. The normalized spacial score (nSPS) is 18.2. The molecule has 0 bridgehead atoms. The van der Waals surface area contributed by atoms with Crippen molar-refractivity contribution in [3.63, 3.8) is 0 Å². The lowest BCUT2D eigenvalue weighted by molar-refractivity contribution is -0.136. The third-order valence-corrected chi connectivity index (χ3v) is 6.78. The van der Waals surface area contributed by atoms with Crippen LogP contribution < -0.4 is 0 Å². The van der Waals surface area contributed by atoms with Gasteiger partial charge in [-0.15, -0.1) is 5.10 Å². The highest BCUT2D eigenvalue weighted by atomic mass is 16.5. The van der Waals surface area contributed by atoms with Gasteiger partial charge in [0.05, 0.1) is 7.11 Å². The lowest BCUT2D eigenvalue weighted by Crippen LogP contribution is -2.46. The summed E-state index contributed by atoms with van der Waals surface area (Å²) in [4.78, 5) is 42.1. The van der Waals surface area contributed by atoms with Crippen molar-refractivity contribution >= 4 is 17.5 Å². The van der Waals surface area contributed by atoms with E-state index in [1.165, 1.54) is 12.8 Å². The van der Waals surface area contributed by atoms with Crippen LogP contribution in [0.5, 0.6) is 0 Å².